The average molecular weight is 447 g/mol. The first-order chi connectivity index (χ1) is 16.1. The van der Waals surface area contributed by atoms with Gasteiger partial charge < -0.3 is 10.2 Å². The first-order valence-corrected chi connectivity index (χ1v) is 11.7. The van der Waals surface area contributed by atoms with Gasteiger partial charge in [0.15, 0.2) is 5.69 Å². The third-order valence-electron chi connectivity index (χ3n) is 6.05. The molecule has 1 aromatic heterocycles. The van der Waals surface area contributed by atoms with Crippen molar-refractivity contribution in [3.63, 3.8) is 0 Å². The lowest BCUT2D eigenvalue weighted by atomic mass is 10.1. The number of rotatable bonds is 9. The van der Waals surface area contributed by atoms with Crippen LogP contribution < -0.4 is 10.9 Å². The third kappa shape index (κ3) is 5.30. The van der Waals surface area contributed by atoms with Crippen LogP contribution in [0, 0.1) is 0 Å². The summed E-state index contributed by atoms with van der Waals surface area (Å²) in [5, 5.41) is 8.45. The molecule has 0 radical (unpaired) electrons. The predicted octanol–water partition coefficient (Wildman–Crippen LogP) is 3.64. The average Bonchev–Trinajstić information content (AvgIpc) is 3.23. The zero-order valence-corrected chi connectivity index (χ0v) is 19.0. The number of fused-ring (bicyclic) bond motifs is 1. The zero-order valence-electron chi connectivity index (χ0n) is 19.0. The van der Waals surface area contributed by atoms with E-state index in [9.17, 15) is 14.4 Å². The summed E-state index contributed by atoms with van der Waals surface area (Å²) in [6.45, 7) is 4.33. The van der Waals surface area contributed by atoms with E-state index in [1.165, 1.54) is 4.68 Å². The summed E-state index contributed by atoms with van der Waals surface area (Å²) in [5.41, 5.74) is 2.10. The van der Waals surface area contributed by atoms with Crippen LogP contribution in [-0.4, -0.2) is 33.0 Å². The third-order valence-corrected chi connectivity index (χ3v) is 6.05. The number of nitrogens with one attached hydrogen (secondary N) is 1. The molecule has 0 atom stereocenters. The topological polar surface area (TPSA) is 84.3 Å². The Labute approximate surface area is 193 Å². The molecule has 0 aliphatic carbocycles. The van der Waals surface area contributed by atoms with Crippen molar-refractivity contribution in [2.45, 2.75) is 58.7 Å². The zero-order chi connectivity index (χ0) is 23.2. The Balaban J connectivity index is 1.51. The van der Waals surface area contributed by atoms with Crippen molar-refractivity contribution in [2.24, 2.45) is 0 Å². The number of unbranched alkanes of at least 4 members (excludes halogenated alkanes) is 2. The van der Waals surface area contributed by atoms with E-state index >= 15 is 0 Å². The number of hydrogen-bond acceptors (Lipinski definition) is 4. The summed E-state index contributed by atoms with van der Waals surface area (Å²) >= 11 is 0. The number of likely N-dealkylation sites (tertiary alicyclic amines) is 1. The highest BCUT2D eigenvalue weighted by Crippen LogP contribution is 2.16. The van der Waals surface area contributed by atoms with Crippen LogP contribution >= 0.6 is 0 Å². The van der Waals surface area contributed by atoms with Crippen LogP contribution in [0.5, 0.6) is 0 Å². The van der Waals surface area contributed by atoms with Crippen molar-refractivity contribution in [1.82, 2.24) is 20.0 Å². The molecule has 0 bridgehead atoms. The van der Waals surface area contributed by atoms with E-state index in [4.69, 9.17) is 0 Å². The Kier molecular flexibility index (Phi) is 7.17. The summed E-state index contributed by atoms with van der Waals surface area (Å²) in [5.74, 6) is -0.115. The van der Waals surface area contributed by atoms with Crippen LogP contribution in [0.4, 0.5) is 0 Å². The highest BCUT2D eigenvalue weighted by molar-refractivity contribution is 6.04. The van der Waals surface area contributed by atoms with Gasteiger partial charge in [0.25, 0.3) is 11.5 Å². The summed E-state index contributed by atoms with van der Waals surface area (Å²) in [6, 6.07) is 15.0. The second-order valence-corrected chi connectivity index (χ2v) is 8.55. The second kappa shape index (κ2) is 10.4. The first kappa shape index (κ1) is 22.7. The molecule has 2 amide bonds. The Morgan fingerprint density at radius 1 is 1.03 bits per heavy atom. The number of aryl methyl sites for hydroxylation is 1. The fourth-order valence-corrected chi connectivity index (χ4v) is 4.26. The maximum Gasteiger partial charge on any atom is 0.274 e. The van der Waals surface area contributed by atoms with Crippen molar-refractivity contribution < 1.29 is 9.59 Å². The molecule has 33 heavy (non-hydrogen) atoms. The van der Waals surface area contributed by atoms with E-state index in [1.807, 2.05) is 35.2 Å². The number of hydrogen-bond donors (Lipinski definition) is 1. The molecule has 1 aliphatic rings. The molecule has 4 rings (SSSR count). The number of carbonyl (C=O) groups excluding carboxylic acids is 2. The van der Waals surface area contributed by atoms with Crippen LogP contribution in [0.2, 0.25) is 0 Å². The van der Waals surface area contributed by atoms with Gasteiger partial charge in [-0.3, -0.25) is 14.4 Å². The largest absolute Gasteiger partial charge is 0.347 e. The van der Waals surface area contributed by atoms with Gasteiger partial charge in [-0.05, 0) is 30.0 Å². The molecule has 2 aromatic carbocycles. The standard InChI is InChI=1S/C26H30N4O3/c1-2-3-6-15-30-26(33)22-12-5-4-11-21(22)24(28-30)25(32)27-17-19-9-7-10-20(16-19)18-29-14-8-13-23(29)31/h4-5,7,9-12,16H,2-3,6,8,13-15,17-18H2,1H3,(H,27,32). The molecule has 0 spiro atoms. The van der Waals surface area contributed by atoms with Crippen LogP contribution in [-0.2, 0) is 24.4 Å². The van der Waals surface area contributed by atoms with Gasteiger partial charge in [0.1, 0.15) is 0 Å². The summed E-state index contributed by atoms with van der Waals surface area (Å²) in [7, 11) is 0. The van der Waals surface area contributed by atoms with Gasteiger partial charge in [-0.1, -0.05) is 62.2 Å². The number of aromatic nitrogens is 2. The SMILES string of the molecule is CCCCCn1nc(C(=O)NCc2cccc(CN3CCCC3=O)c2)c2ccccc2c1=O. The van der Waals surface area contributed by atoms with Crippen LogP contribution in [0.3, 0.4) is 0 Å². The van der Waals surface area contributed by atoms with E-state index < -0.39 is 0 Å². The van der Waals surface area contributed by atoms with Gasteiger partial charge in [0.2, 0.25) is 5.91 Å². The molecule has 1 saturated heterocycles. The Hall–Kier alpha value is -3.48. The van der Waals surface area contributed by atoms with Gasteiger partial charge in [-0.2, -0.15) is 5.10 Å². The summed E-state index contributed by atoms with van der Waals surface area (Å²) < 4.78 is 1.42. The van der Waals surface area contributed by atoms with Crippen molar-refractivity contribution in [1.29, 1.82) is 0 Å². The van der Waals surface area contributed by atoms with Gasteiger partial charge in [-0.15, -0.1) is 0 Å². The molecule has 1 aliphatic heterocycles. The Morgan fingerprint density at radius 2 is 1.82 bits per heavy atom. The lowest BCUT2D eigenvalue weighted by Crippen LogP contribution is -2.30. The highest BCUT2D eigenvalue weighted by Gasteiger charge is 2.20. The molecular formula is C26H30N4O3. The Bertz CT molecular complexity index is 1220. The predicted molar refractivity (Wildman–Crippen MR) is 128 cm³/mol. The fraction of sp³-hybridized carbons (Fsp3) is 0.385. The van der Waals surface area contributed by atoms with E-state index in [0.717, 1.165) is 43.4 Å². The fourth-order valence-electron chi connectivity index (χ4n) is 4.26. The molecule has 1 fully saturated rings. The highest BCUT2D eigenvalue weighted by atomic mass is 16.2. The monoisotopic (exact) mass is 446 g/mol. The molecule has 0 unspecified atom stereocenters. The molecule has 7 nitrogen and oxygen atoms in total. The minimum absolute atomic E-state index is 0.164. The van der Waals surface area contributed by atoms with Crippen molar-refractivity contribution in [3.05, 3.63) is 75.7 Å². The number of benzene rings is 2. The number of carbonyl (C=O) groups is 2. The lowest BCUT2D eigenvalue weighted by Gasteiger charge is -2.16. The van der Waals surface area contributed by atoms with Gasteiger partial charge in [0.05, 0.1) is 5.39 Å². The minimum Gasteiger partial charge on any atom is -0.347 e. The summed E-state index contributed by atoms with van der Waals surface area (Å²) in [6.07, 6.45) is 4.42. The van der Waals surface area contributed by atoms with E-state index in [2.05, 4.69) is 17.3 Å². The lowest BCUT2D eigenvalue weighted by molar-refractivity contribution is -0.128. The van der Waals surface area contributed by atoms with Gasteiger partial charge in [0, 0.05) is 38.0 Å². The smallest absolute Gasteiger partial charge is 0.274 e. The molecule has 2 heterocycles. The maximum atomic E-state index is 13.1. The van der Waals surface area contributed by atoms with Crippen molar-refractivity contribution in [3.8, 4) is 0 Å². The molecular weight excluding hydrogens is 416 g/mol. The number of amides is 2. The van der Waals surface area contributed by atoms with Gasteiger partial charge >= 0.3 is 0 Å². The quantitative estimate of drug-likeness (QED) is 0.509. The van der Waals surface area contributed by atoms with Crippen LogP contribution in [0.15, 0.2) is 53.3 Å². The molecule has 7 heteroatoms. The van der Waals surface area contributed by atoms with Crippen LogP contribution in [0.25, 0.3) is 10.8 Å². The Morgan fingerprint density at radius 3 is 2.58 bits per heavy atom. The molecule has 0 saturated carbocycles. The second-order valence-electron chi connectivity index (χ2n) is 8.55. The van der Waals surface area contributed by atoms with Crippen molar-refractivity contribution in [2.75, 3.05) is 6.54 Å². The molecule has 3 aromatic rings. The normalized spacial score (nSPS) is 13.6. The minimum atomic E-state index is -0.310. The van der Waals surface area contributed by atoms with Crippen molar-refractivity contribution >= 4 is 22.6 Å². The number of nitrogens with zero attached hydrogens (tertiary/aromatic N) is 3. The van der Waals surface area contributed by atoms with E-state index in [-0.39, 0.29) is 23.1 Å². The van der Waals surface area contributed by atoms with Crippen LogP contribution in [0.1, 0.15) is 60.6 Å². The maximum absolute atomic E-state index is 13.1. The first-order valence-electron chi connectivity index (χ1n) is 11.7. The van der Waals surface area contributed by atoms with E-state index in [0.29, 0.717) is 36.8 Å². The molecule has 172 valence electrons. The summed E-state index contributed by atoms with van der Waals surface area (Å²) in [4.78, 5) is 39.7. The van der Waals surface area contributed by atoms with Gasteiger partial charge in [-0.25, -0.2) is 4.68 Å². The molecule has 1 N–H and O–H groups in total. The van der Waals surface area contributed by atoms with E-state index in [1.54, 1.807) is 18.2 Å².